The van der Waals surface area contributed by atoms with Gasteiger partial charge in [0.25, 0.3) is 0 Å². The molecule has 4 fully saturated rings. The largest absolute Gasteiger partial charge is 0.508 e. The van der Waals surface area contributed by atoms with E-state index in [0.29, 0.717) is 30.9 Å². The number of amides is 1. The highest BCUT2D eigenvalue weighted by molar-refractivity contribution is 5.99. The minimum absolute atomic E-state index is 0.0467. The maximum absolute atomic E-state index is 13.2. The lowest BCUT2D eigenvalue weighted by Crippen LogP contribution is -3.16. The maximum atomic E-state index is 13.2. The van der Waals surface area contributed by atoms with E-state index in [0.717, 1.165) is 18.7 Å². The third-order valence-corrected chi connectivity index (χ3v) is 8.48. The number of nitrogens with zero attached hydrogens (tertiary/aromatic N) is 1. The van der Waals surface area contributed by atoms with Gasteiger partial charge in [0.1, 0.15) is 11.8 Å². The summed E-state index contributed by atoms with van der Waals surface area (Å²) in [6, 6.07) is 6.54. The summed E-state index contributed by atoms with van der Waals surface area (Å²) < 4.78 is 6.23. The molecule has 26 heavy (non-hydrogen) atoms. The van der Waals surface area contributed by atoms with E-state index in [1.54, 1.807) is 10.5 Å². The van der Waals surface area contributed by atoms with Crippen LogP contribution >= 0.6 is 0 Å². The molecular weight excluding hydrogens is 328 g/mol. The number of carbonyl (C=O) groups excluding carboxylic acids is 1. The SMILES string of the molecule is O=C1C[C@@H]2OCC=C3C[NH+]4CC[C@]56c7ccc(O)cc7N1[C@H]5[C@H]2[C@H]3C[C@H]46. The van der Waals surface area contributed by atoms with Gasteiger partial charge in [0.05, 0.1) is 49.4 Å². The highest BCUT2D eigenvalue weighted by Gasteiger charge is 2.73. The van der Waals surface area contributed by atoms with Crippen LogP contribution in [0.25, 0.3) is 0 Å². The molecule has 5 heteroatoms. The van der Waals surface area contributed by atoms with Gasteiger partial charge in [0, 0.05) is 24.8 Å². The summed E-state index contributed by atoms with van der Waals surface area (Å²) in [6.07, 6.45) is 5.21. The zero-order valence-electron chi connectivity index (χ0n) is 14.6. The van der Waals surface area contributed by atoms with Gasteiger partial charge in [-0.1, -0.05) is 12.1 Å². The minimum atomic E-state index is 0.0467. The molecule has 7 rings (SSSR count). The Morgan fingerprint density at radius 1 is 1.35 bits per heavy atom. The van der Waals surface area contributed by atoms with Crippen molar-refractivity contribution in [2.45, 2.75) is 42.9 Å². The fraction of sp³-hybridized carbons (Fsp3) is 0.571. The molecule has 5 aliphatic heterocycles. The molecule has 1 aromatic rings. The molecule has 7 atom stereocenters. The van der Waals surface area contributed by atoms with Crippen molar-refractivity contribution >= 4 is 11.6 Å². The van der Waals surface area contributed by atoms with E-state index in [4.69, 9.17) is 4.74 Å². The van der Waals surface area contributed by atoms with Gasteiger partial charge in [-0.25, -0.2) is 0 Å². The van der Waals surface area contributed by atoms with Crippen LogP contribution in [0, 0.1) is 11.8 Å². The van der Waals surface area contributed by atoms with Crippen LogP contribution < -0.4 is 9.80 Å². The number of carbonyl (C=O) groups is 1. The van der Waals surface area contributed by atoms with Crippen molar-refractivity contribution in [1.82, 2.24) is 0 Å². The first-order chi connectivity index (χ1) is 12.7. The molecule has 5 nitrogen and oxygen atoms in total. The standard InChI is InChI=1S/C21H22N2O3/c24-12-1-2-14-15(7-12)23-18(25)9-16-19-13-8-17-21(14,20(19)23)4-5-22(17)10-11(13)3-6-26-16/h1-3,7,13,16-17,19-20,24H,4-6,8-10H2/p+1/t13-,16-,17-,19-,20-,21+/m0/s1. The van der Waals surface area contributed by atoms with E-state index in [1.165, 1.54) is 18.5 Å². The van der Waals surface area contributed by atoms with Gasteiger partial charge in [0.2, 0.25) is 5.91 Å². The lowest BCUT2D eigenvalue weighted by molar-refractivity contribution is -0.916. The second-order valence-corrected chi connectivity index (χ2v) is 9.11. The van der Waals surface area contributed by atoms with Crippen LogP contribution in [0.3, 0.4) is 0 Å². The van der Waals surface area contributed by atoms with E-state index in [1.807, 2.05) is 12.1 Å². The summed E-state index contributed by atoms with van der Waals surface area (Å²) in [6.45, 7) is 3.00. The molecule has 1 saturated carbocycles. The lowest BCUT2D eigenvalue weighted by atomic mass is 9.53. The van der Waals surface area contributed by atoms with Gasteiger partial charge in [0.15, 0.2) is 0 Å². The zero-order valence-corrected chi connectivity index (χ0v) is 14.6. The van der Waals surface area contributed by atoms with Gasteiger partial charge in [-0.3, -0.25) is 4.79 Å². The molecule has 1 unspecified atom stereocenters. The van der Waals surface area contributed by atoms with E-state index in [2.05, 4.69) is 17.0 Å². The molecular formula is C21H23N2O3+. The highest BCUT2D eigenvalue weighted by Crippen LogP contribution is 2.62. The van der Waals surface area contributed by atoms with Crippen LogP contribution in [0.1, 0.15) is 24.8 Å². The Morgan fingerprint density at radius 3 is 3.19 bits per heavy atom. The normalized spacial score (nSPS) is 46.7. The first kappa shape index (κ1) is 14.2. The van der Waals surface area contributed by atoms with Crippen LogP contribution in [-0.2, 0) is 14.9 Å². The number of hydrogen-bond acceptors (Lipinski definition) is 3. The average molecular weight is 351 g/mol. The van der Waals surface area contributed by atoms with Crippen LogP contribution in [0.5, 0.6) is 5.75 Å². The minimum Gasteiger partial charge on any atom is -0.508 e. The number of phenolic OH excluding ortho intramolecular Hbond substituents is 1. The van der Waals surface area contributed by atoms with Crippen LogP contribution in [0.2, 0.25) is 0 Å². The second-order valence-electron chi connectivity index (χ2n) is 9.11. The van der Waals surface area contributed by atoms with Gasteiger partial charge in [-0.2, -0.15) is 0 Å². The summed E-state index contributed by atoms with van der Waals surface area (Å²) in [5, 5.41) is 10.1. The Labute approximate surface area is 152 Å². The number of phenols is 1. The molecule has 2 N–H and O–H groups in total. The number of rotatable bonds is 0. The third kappa shape index (κ3) is 1.37. The summed E-state index contributed by atoms with van der Waals surface area (Å²) in [5.74, 6) is 1.39. The maximum Gasteiger partial charge on any atom is 0.229 e. The molecule has 6 aliphatic rings. The fourth-order valence-corrected chi connectivity index (χ4v) is 7.77. The Kier molecular flexibility index (Phi) is 2.38. The lowest BCUT2D eigenvalue weighted by Gasteiger charge is -2.56. The van der Waals surface area contributed by atoms with Gasteiger partial charge < -0.3 is 19.6 Å². The zero-order chi connectivity index (χ0) is 17.2. The average Bonchev–Trinajstić information content (AvgIpc) is 3.08. The van der Waals surface area contributed by atoms with E-state index >= 15 is 0 Å². The predicted octanol–water partition coefficient (Wildman–Crippen LogP) is 0.381. The first-order valence-corrected chi connectivity index (χ1v) is 9.99. The number of benzene rings is 1. The molecule has 1 aliphatic carbocycles. The number of quaternary nitrogens is 1. The third-order valence-electron chi connectivity index (χ3n) is 8.48. The molecule has 0 radical (unpaired) electrons. The van der Waals surface area contributed by atoms with Crippen molar-refractivity contribution in [2.24, 2.45) is 11.8 Å². The van der Waals surface area contributed by atoms with Crippen LogP contribution in [0.4, 0.5) is 5.69 Å². The number of hydrogen-bond donors (Lipinski definition) is 2. The quantitative estimate of drug-likeness (QED) is 0.665. The predicted molar refractivity (Wildman–Crippen MR) is 94.2 cm³/mol. The van der Waals surface area contributed by atoms with E-state index in [-0.39, 0.29) is 29.2 Å². The smallest absolute Gasteiger partial charge is 0.229 e. The summed E-state index contributed by atoms with van der Waals surface area (Å²) in [5.41, 5.74) is 3.91. The Balaban J connectivity index is 1.55. The van der Waals surface area contributed by atoms with Crippen molar-refractivity contribution in [3.8, 4) is 5.75 Å². The molecule has 5 heterocycles. The number of ether oxygens (including phenoxy) is 1. The van der Waals surface area contributed by atoms with Gasteiger partial charge in [-0.15, -0.1) is 0 Å². The Morgan fingerprint density at radius 2 is 2.27 bits per heavy atom. The fourth-order valence-electron chi connectivity index (χ4n) is 7.77. The summed E-state index contributed by atoms with van der Waals surface area (Å²) in [7, 11) is 0. The highest BCUT2D eigenvalue weighted by atomic mass is 16.5. The Bertz CT molecular complexity index is 895. The second kappa shape index (κ2) is 4.34. The number of aromatic hydroxyl groups is 1. The molecule has 1 spiro atoms. The summed E-state index contributed by atoms with van der Waals surface area (Å²) >= 11 is 0. The van der Waals surface area contributed by atoms with Crippen molar-refractivity contribution in [3.63, 3.8) is 0 Å². The van der Waals surface area contributed by atoms with Crippen molar-refractivity contribution in [2.75, 3.05) is 24.6 Å². The van der Waals surface area contributed by atoms with E-state index < -0.39 is 0 Å². The molecule has 134 valence electrons. The number of fused-ring (bicyclic) bond motifs is 2. The number of anilines is 1. The summed E-state index contributed by atoms with van der Waals surface area (Å²) in [4.78, 5) is 17.0. The first-order valence-electron chi connectivity index (χ1n) is 9.99. The van der Waals surface area contributed by atoms with Crippen LogP contribution in [0.15, 0.2) is 29.8 Å². The van der Waals surface area contributed by atoms with E-state index in [9.17, 15) is 9.90 Å². The van der Waals surface area contributed by atoms with Crippen molar-refractivity contribution in [3.05, 3.63) is 35.4 Å². The number of nitrogens with one attached hydrogen (secondary N) is 1. The molecule has 0 aromatic heterocycles. The van der Waals surface area contributed by atoms with Gasteiger partial charge in [-0.05, 0) is 23.1 Å². The van der Waals surface area contributed by atoms with Crippen LogP contribution in [-0.4, -0.2) is 48.9 Å². The van der Waals surface area contributed by atoms with Gasteiger partial charge >= 0.3 is 0 Å². The Hall–Kier alpha value is -1.85. The van der Waals surface area contributed by atoms with Crippen molar-refractivity contribution < 1.29 is 19.5 Å². The molecule has 3 saturated heterocycles. The topological polar surface area (TPSA) is 54.2 Å². The molecule has 1 aromatic carbocycles. The monoisotopic (exact) mass is 351 g/mol. The number of piperidine rings is 2. The molecule has 1 amide bonds. The van der Waals surface area contributed by atoms with Crippen molar-refractivity contribution in [1.29, 1.82) is 0 Å². The molecule has 2 bridgehead atoms.